The molecule has 10 aromatic rings. The summed E-state index contributed by atoms with van der Waals surface area (Å²) in [5.74, 6) is 0. The van der Waals surface area contributed by atoms with E-state index >= 15 is 0 Å². The molecular weight excluding hydrogens is 609 g/mol. The number of rotatable bonds is 5. The highest BCUT2D eigenvalue weighted by atomic mass is 16.3. The third kappa shape index (κ3) is 4.71. The van der Waals surface area contributed by atoms with Crippen molar-refractivity contribution in [2.45, 2.75) is 0 Å². The van der Waals surface area contributed by atoms with Crippen molar-refractivity contribution in [3.05, 3.63) is 182 Å². The van der Waals surface area contributed by atoms with Crippen molar-refractivity contribution in [3.8, 4) is 22.3 Å². The molecule has 0 spiro atoms. The fourth-order valence-electron chi connectivity index (χ4n) is 7.34. The molecular formula is C47H30N2O. The molecule has 0 atom stereocenters. The molecule has 3 nitrogen and oxygen atoms in total. The maximum Gasteiger partial charge on any atom is 0.228 e. The van der Waals surface area contributed by atoms with Crippen molar-refractivity contribution >= 4 is 71.6 Å². The van der Waals surface area contributed by atoms with E-state index in [1.807, 2.05) is 12.1 Å². The average molecular weight is 639 g/mol. The Hall–Kier alpha value is -6.71. The van der Waals surface area contributed by atoms with Crippen LogP contribution in [0.4, 0.5) is 17.1 Å². The molecule has 0 unspecified atom stereocenters. The van der Waals surface area contributed by atoms with Gasteiger partial charge in [-0.15, -0.1) is 0 Å². The van der Waals surface area contributed by atoms with Gasteiger partial charge in [0.1, 0.15) is 0 Å². The fourth-order valence-corrected chi connectivity index (χ4v) is 7.34. The first-order valence-electron chi connectivity index (χ1n) is 17.0. The van der Waals surface area contributed by atoms with Gasteiger partial charge in [0.15, 0.2) is 5.58 Å². The molecule has 8 aromatic carbocycles. The van der Waals surface area contributed by atoms with Gasteiger partial charge < -0.3 is 9.32 Å². The number of hydrogen-bond donors (Lipinski definition) is 0. The van der Waals surface area contributed by atoms with Gasteiger partial charge in [-0.05, 0) is 86.8 Å². The zero-order valence-corrected chi connectivity index (χ0v) is 27.1. The molecule has 0 radical (unpaired) electrons. The number of aromatic nitrogens is 1. The summed E-state index contributed by atoms with van der Waals surface area (Å²) >= 11 is 0. The number of nitrogens with zero attached hydrogens (tertiary/aromatic N) is 2. The fraction of sp³-hybridized carbons (Fsp3) is 0. The van der Waals surface area contributed by atoms with Crippen molar-refractivity contribution < 1.29 is 4.42 Å². The lowest BCUT2D eigenvalue weighted by atomic mass is 9.98. The SMILES string of the molecule is c1ccc(N(c2ccc(-c3ccc4ccccc4c3)cc2)c2cccc3c2oc2nc4ccccc4cc23)c(-c2ccc3ccccc3c2)c1. The molecule has 0 aliphatic heterocycles. The number of para-hydroxylation sites is 3. The Kier molecular flexibility index (Phi) is 6.49. The second-order valence-electron chi connectivity index (χ2n) is 12.8. The Morgan fingerprint density at radius 1 is 0.400 bits per heavy atom. The molecule has 0 amide bonds. The van der Waals surface area contributed by atoms with E-state index in [4.69, 9.17) is 9.40 Å². The van der Waals surface area contributed by atoms with Crippen LogP contribution in [-0.4, -0.2) is 4.98 Å². The maximum absolute atomic E-state index is 6.70. The third-order valence-corrected chi connectivity index (χ3v) is 9.83. The van der Waals surface area contributed by atoms with Crippen LogP contribution in [0.2, 0.25) is 0 Å². The molecule has 2 aromatic heterocycles. The van der Waals surface area contributed by atoms with E-state index in [0.29, 0.717) is 5.71 Å². The van der Waals surface area contributed by atoms with Gasteiger partial charge in [-0.2, -0.15) is 0 Å². The molecule has 0 bridgehead atoms. The first kappa shape index (κ1) is 28.3. The molecule has 3 heteroatoms. The number of anilines is 3. The van der Waals surface area contributed by atoms with Gasteiger partial charge in [-0.25, -0.2) is 4.98 Å². The highest BCUT2D eigenvalue weighted by Gasteiger charge is 2.22. The Labute approximate surface area is 289 Å². The van der Waals surface area contributed by atoms with Crippen LogP contribution in [0, 0.1) is 0 Å². The van der Waals surface area contributed by atoms with Gasteiger partial charge >= 0.3 is 0 Å². The van der Waals surface area contributed by atoms with Crippen LogP contribution < -0.4 is 4.90 Å². The number of fused-ring (bicyclic) bond motifs is 6. The van der Waals surface area contributed by atoms with Crippen molar-refractivity contribution in [2.75, 3.05) is 4.90 Å². The minimum Gasteiger partial charge on any atom is -0.435 e. The summed E-state index contributed by atoms with van der Waals surface area (Å²) in [5.41, 5.74) is 10.1. The zero-order valence-electron chi connectivity index (χ0n) is 27.1. The Balaban J connectivity index is 1.19. The van der Waals surface area contributed by atoms with Crippen molar-refractivity contribution in [1.82, 2.24) is 4.98 Å². The van der Waals surface area contributed by atoms with E-state index in [2.05, 4.69) is 175 Å². The van der Waals surface area contributed by atoms with Gasteiger partial charge in [0.2, 0.25) is 5.71 Å². The zero-order chi connectivity index (χ0) is 33.0. The Morgan fingerprint density at radius 3 is 1.78 bits per heavy atom. The summed E-state index contributed by atoms with van der Waals surface area (Å²) in [6.45, 7) is 0. The summed E-state index contributed by atoms with van der Waals surface area (Å²) in [6, 6.07) is 64.8. The van der Waals surface area contributed by atoms with E-state index in [1.54, 1.807) is 0 Å². The van der Waals surface area contributed by atoms with E-state index in [1.165, 1.54) is 32.7 Å². The lowest BCUT2D eigenvalue weighted by Gasteiger charge is -2.28. The predicted molar refractivity (Wildman–Crippen MR) is 210 cm³/mol. The van der Waals surface area contributed by atoms with Crippen LogP contribution in [-0.2, 0) is 0 Å². The summed E-state index contributed by atoms with van der Waals surface area (Å²) in [7, 11) is 0. The van der Waals surface area contributed by atoms with Crippen LogP contribution in [0.1, 0.15) is 0 Å². The first-order chi connectivity index (χ1) is 24.8. The second-order valence-corrected chi connectivity index (χ2v) is 12.8. The van der Waals surface area contributed by atoms with Gasteiger partial charge in [0.25, 0.3) is 0 Å². The first-order valence-corrected chi connectivity index (χ1v) is 17.0. The number of furan rings is 1. The lowest BCUT2D eigenvalue weighted by Crippen LogP contribution is -2.11. The van der Waals surface area contributed by atoms with Gasteiger partial charge in [-0.3, -0.25) is 0 Å². The third-order valence-electron chi connectivity index (χ3n) is 9.83. The molecule has 234 valence electrons. The van der Waals surface area contributed by atoms with E-state index in [0.717, 1.165) is 55.4 Å². The molecule has 0 saturated heterocycles. The molecule has 50 heavy (non-hydrogen) atoms. The maximum atomic E-state index is 6.70. The average Bonchev–Trinajstić information content (AvgIpc) is 3.55. The Morgan fingerprint density at radius 2 is 1.00 bits per heavy atom. The monoisotopic (exact) mass is 638 g/mol. The van der Waals surface area contributed by atoms with Crippen molar-refractivity contribution in [2.24, 2.45) is 0 Å². The molecule has 0 saturated carbocycles. The molecule has 0 aliphatic carbocycles. The van der Waals surface area contributed by atoms with Crippen LogP contribution in [0.25, 0.3) is 76.8 Å². The number of hydrogen-bond acceptors (Lipinski definition) is 3. The normalized spacial score (nSPS) is 11.6. The molecule has 0 aliphatic rings. The standard InChI is InChI=1S/C47H30N2O/c1-3-12-34-28-36(22-20-31(34)10-1)33-24-26-39(27-25-33)49(44-18-8-6-15-40(44)37-23-21-32-11-2-4-13-35(32)29-37)45-19-9-16-41-42-30-38-14-5-7-17-43(38)48-47(42)50-46(41)45/h1-30H. The summed E-state index contributed by atoms with van der Waals surface area (Å²) < 4.78 is 6.70. The largest absolute Gasteiger partial charge is 0.435 e. The van der Waals surface area contributed by atoms with Crippen LogP contribution in [0.3, 0.4) is 0 Å². The smallest absolute Gasteiger partial charge is 0.228 e. The van der Waals surface area contributed by atoms with E-state index in [-0.39, 0.29) is 0 Å². The number of pyridine rings is 1. The van der Waals surface area contributed by atoms with Crippen LogP contribution in [0.5, 0.6) is 0 Å². The molecule has 0 N–H and O–H groups in total. The molecule has 0 fully saturated rings. The van der Waals surface area contributed by atoms with Crippen LogP contribution in [0.15, 0.2) is 186 Å². The van der Waals surface area contributed by atoms with Gasteiger partial charge in [-0.1, -0.05) is 133 Å². The second kappa shape index (κ2) is 11.5. The summed E-state index contributed by atoms with van der Waals surface area (Å²) in [4.78, 5) is 7.27. The van der Waals surface area contributed by atoms with Gasteiger partial charge in [0, 0.05) is 27.4 Å². The molecule has 2 heterocycles. The Bertz CT molecular complexity index is 2890. The number of benzene rings is 8. The van der Waals surface area contributed by atoms with Crippen LogP contribution >= 0.6 is 0 Å². The highest BCUT2D eigenvalue weighted by molar-refractivity contribution is 6.12. The minimum absolute atomic E-state index is 0.639. The van der Waals surface area contributed by atoms with Gasteiger partial charge in [0.05, 0.1) is 16.9 Å². The predicted octanol–water partition coefficient (Wildman–Crippen LogP) is 13.2. The van der Waals surface area contributed by atoms with E-state index in [9.17, 15) is 0 Å². The quantitative estimate of drug-likeness (QED) is 0.188. The lowest BCUT2D eigenvalue weighted by molar-refractivity contribution is 0.656. The summed E-state index contributed by atoms with van der Waals surface area (Å²) in [5, 5.41) is 8.05. The van der Waals surface area contributed by atoms with Crippen molar-refractivity contribution in [1.29, 1.82) is 0 Å². The minimum atomic E-state index is 0.639. The highest BCUT2D eigenvalue weighted by Crippen LogP contribution is 2.46. The van der Waals surface area contributed by atoms with Crippen molar-refractivity contribution in [3.63, 3.8) is 0 Å². The molecule has 10 rings (SSSR count). The topological polar surface area (TPSA) is 29.3 Å². The summed E-state index contributed by atoms with van der Waals surface area (Å²) in [6.07, 6.45) is 0. The van der Waals surface area contributed by atoms with E-state index < -0.39 is 0 Å².